The van der Waals surface area contributed by atoms with E-state index in [2.05, 4.69) is 20.3 Å². The number of carbonyl (C=O) groups is 1. The number of aryl methyl sites for hydroxylation is 1. The van der Waals surface area contributed by atoms with Gasteiger partial charge in [-0.3, -0.25) is 10.1 Å². The van der Waals surface area contributed by atoms with Crippen LogP contribution in [0.25, 0.3) is 22.6 Å². The van der Waals surface area contributed by atoms with E-state index in [-0.39, 0.29) is 5.91 Å². The summed E-state index contributed by atoms with van der Waals surface area (Å²) in [7, 11) is 0. The van der Waals surface area contributed by atoms with E-state index in [4.69, 9.17) is 11.6 Å². The van der Waals surface area contributed by atoms with Crippen LogP contribution in [0.5, 0.6) is 0 Å². The van der Waals surface area contributed by atoms with Gasteiger partial charge in [0.1, 0.15) is 0 Å². The quantitative estimate of drug-likeness (QED) is 0.487. The average Bonchev–Trinajstić information content (AvgIpc) is 3.09. The number of carbonyl (C=O) groups excluding carboxylic acids is 1. The van der Waals surface area contributed by atoms with E-state index in [1.165, 1.54) is 23.7 Å². The molecule has 0 saturated heterocycles. The van der Waals surface area contributed by atoms with E-state index >= 15 is 0 Å². The summed E-state index contributed by atoms with van der Waals surface area (Å²) in [4.78, 5) is 26.6. The van der Waals surface area contributed by atoms with Crippen LogP contribution in [-0.4, -0.2) is 20.9 Å². The van der Waals surface area contributed by atoms with Crippen molar-refractivity contribution in [2.75, 3.05) is 5.32 Å². The molecular formula is C21H15ClN4OS. The average molecular weight is 407 g/mol. The van der Waals surface area contributed by atoms with Crippen LogP contribution >= 0.6 is 22.9 Å². The second-order valence-electron chi connectivity index (χ2n) is 6.05. The van der Waals surface area contributed by atoms with E-state index in [0.717, 1.165) is 21.7 Å². The molecule has 0 fully saturated rings. The largest absolute Gasteiger partial charge is 0.298 e. The van der Waals surface area contributed by atoms with Gasteiger partial charge in [-0.25, -0.2) is 15.0 Å². The van der Waals surface area contributed by atoms with Crippen LogP contribution in [0.2, 0.25) is 5.02 Å². The third kappa shape index (κ3) is 3.93. The third-order valence-electron chi connectivity index (χ3n) is 4.08. The molecule has 1 amide bonds. The van der Waals surface area contributed by atoms with Crippen LogP contribution in [0.3, 0.4) is 0 Å². The number of halogens is 1. The van der Waals surface area contributed by atoms with Gasteiger partial charge in [-0.05, 0) is 19.1 Å². The van der Waals surface area contributed by atoms with Gasteiger partial charge >= 0.3 is 0 Å². The first-order valence-electron chi connectivity index (χ1n) is 8.52. The van der Waals surface area contributed by atoms with Crippen molar-refractivity contribution in [2.45, 2.75) is 6.92 Å². The lowest BCUT2D eigenvalue weighted by atomic mass is 10.1. The Morgan fingerprint density at radius 2 is 1.64 bits per heavy atom. The first-order valence-corrected chi connectivity index (χ1v) is 9.72. The van der Waals surface area contributed by atoms with Crippen LogP contribution < -0.4 is 5.32 Å². The summed E-state index contributed by atoms with van der Waals surface area (Å²) < 4.78 is 0. The van der Waals surface area contributed by atoms with Crippen LogP contribution in [0, 0.1) is 6.92 Å². The molecule has 0 radical (unpaired) electrons. The summed E-state index contributed by atoms with van der Waals surface area (Å²) in [6.07, 6.45) is 3.04. The monoisotopic (exact) mass is 406 g/mol. The van der Waals surface area contributed by atoms with Gasteiger partial charge in [0, 0.05) is 33.4 Å². The predicted octanol–water partition coefficient (Wildman–Crippen LogP) is 5.48. The van der Waals surface area contributed by atoms with E-state index in [9.17, 15) is 4.79 Å². The molecule has 5 nitrogen and oxygen atoms in total. The molecule has 0 saturated carbocycles. The first-order chi connectivity index (χ1) is 13.6. The number of benzene rings is 2. The molecule has 0 atom stereocenters. The molecule has 2 aromatic carbocycles. The third-order valence-corrected chi connectivity index (χ3v) is 5.22. The lowest BCUT2D eigenvalue weighted by Crippen LogP contribution is -2.12. The molecule has 0 bridgehead atoms. The van der Waals surface area contributed by atoms with Crippen molar-refractivity contribution in [3.8, 4) is 22.6 Å². The van der Waals surface area contributed by atoms with Crippen molar-refractivity contribution >= 4 is 34.0 Å². The van der Waals surface area contributed by atoms with E-state index in [1.807, 2.05) is 61.5 Å². The minimum absolute atomic E-state index is 0.295. The number of anilines is 1. The van der Waals surface area contributed by atoms with Gasteiger partial charge in [-0.1, -0.05) is 54.1 Å². The van der Waals surface area contributed by atoms with Crippen molar-refractivity contribution in [3.05, 3.63) is 82.5 Å². The highest BCUT2D eigenvalue weighted by Gasteiger charge is 2.14. The zero-order chi connectivity index (χ0) is 19.5. The first kappa shape index (κ1) is 18.3. The zero-order valence-electron chi connectivity index (χ0n) is 14.9. The summed E-state index contributed by atoms with van der Waals surface area (Å²) in [6, 6.07) is 17.1. The van der Waals surface area contributed by atoms with E-state index in [1.54, 1.807) is 0 Å². The van der Waals surface area contributed by atoms with Gasteiger partial charge in [0.15, 0.2) is 11.0 Å². The summed E-state index contributed by atoms with van der Waals surface area (Å²) in [5.74, 6) is 0.281. The Morgan fingerprint density at radius 3 is 2.32 bits per heavy atom. The molecular weight excluding hydrogens is 392 g/mol. The topological polar surface area (TPSA) is 67.8 Å². The number of nitrogens with one attached hydrogen (secondary N) is 1. The Labute approximate surface area is 171 Å². The molecule has 1 N–H and O–H groups in total. The molecule has 7 heteroatoms. The molecule has 0 aliphatic heterocycles. The molecule has 4 aromatic rings. The van der Waals surface area contributed by atoms with Crippen LogP contribution in [0.1, 0.15) is 15.2 Å². The number of aromatic nitrogens is 3. The summed E-state index contributed by atoms with van der Waals surface area (Å²) >= 11 is 7.36. The molecule has 0 unspecified atom stereocenters. The molecule has 0 aliphatic rings. The maximum Gasteiger partial charge on any atom is 0.260 e. The second kappa shape index (κ2) is 7.88. The number of thiazole rings is 1. The fraction of sp³-hybridized carbons (Fsp3) is 0.0476. The Kier molecular flexibility index (Phi) is 5.14. The minimum atomic E-state index is -0.295. The number of hydrogen-bond acceptors (Lipinski definition) is 5. The SMILES string of the molecule is Cc1sc(NC(=O)c2cnc(-c3ccccc3)nc2)nc1-c1ccc(Cl)cc1. The molecule has 4 rings (SSSR count). The fourth-order valence-electron chi connectivity index (χ4n) is 2.68. The summed E-state index contributed by atoms with van der Waals surface area (Å²) in [6.45, 7) is 1.97. The smallest absolute Gasteiger partial charge is 0.260 e. The van der Waals surface area contributed by atoms with E-state index in [0.29, 0.717) is 21.5 Å². The molecule has 0 aliphatic carbocycles. The number of nitrogens with zero attached hydrogens (tertiary/aromatic N) is 3. The summed E-state index contributed by atoms with van der Waals surface area (Å²) in [5, 5.41) is 4.02. The van der Waals surface area contributed by atoms with Gasteiger partial charge in [0.05, 0.1) is 11.3 Å². The molecule has 2 aromatic heterocycles. The van der Waals surface area contributed by atoms with Crippen molar-refractivity contribution in [1.29, 1.82) is 0 Å². The van der Waals surface area contributed by atoms with E-state index < -0.39 is 0 Å². The highest BCUT2D eigenvalue weighted by atomic mass is 35.5. The van der Waals surface area contributed by atoms with Crippen molar-refractivity contribution in [3.63, 3.8) is 0 Å². The summed E-state index contributed by atoms with van der Waals surface area (Å²) in [5.41, 5.74) is 3.06. The highest BCUT2D eigenvalue weighted by Crippen LogP contribution is 2.31. The lowest BCUT2D eigenvalue weighted by molar-refractivity contribution is 0.102. The predicted molar refractivity (Wildman–Crippen MR) is 113 cm³/mol. The van der Waals surface area contributed by atoms with Crippen LogP contribution in [-0.2, 0) is 0 Å². The maximum atomic E-state index is 12.5. The van der Waals surface area contributed by atoms with Crippen LogP contribution in [0.15, 0.2) is 67.0 Å². The zero-order valence-corrected chi connectivity index (χ0v) is 16.5. The van der Waals surface area contributed by atoms with Crippen molar-refractivity contribution in [2.24, 2.45) is 0 Å². The fourth-order valence-corrected chi connectivity index (χ4v) is 3.63. The van der Waals surface area contributed by atoms with Gasteiger partial charge in [0.2, 0.25) is 0 Å². The molecule has 2 heterocycles. The Morgan fingerprint density at radius 1 is 0.964 bits per heavy atom. The van der Waals surface area contributed by atoms with Crippen molar-refractivity contribution in [1.82, 2.24) is 15.0 Å². The molecule has 0 spiro atoms. The molecule has 28 heavy (non-hydrogen) atoms. The highest BCUT2D eigenvalue weighted by molar-refractivity contribution is 7.16. The van der Waals surface area contributed by atoms with Gasteiger partial charge < -0.3 is 0 Å². The van der Waals surface area contributed by atoms with Gasteiger partial charge in [0.25, 0.3) is 5.91 Å². The number of amides is 1. The van der Waals surface area contributed by atoms with Gasteiger partial charge in [-0.15, -0.1) is 11.3 Å². The Hall–Kier alpha value is -3.09. The minimum Gasteiger partial charge on any atom is -0.298 e. The van der Waals surface area contributed by atoms with Crippen LogP contribution in [0.4, 0.5) is 5.13 Å². The van der Waals surface area contributed by atoms with Crippen molar-refractivity contribution < 1.29 is 4.79 Å². The Balaban J connectivity index is 1.51. The molecule has 138 valence electrons. The van der Waals surface area contributed by atoms with Gasteiger partial charge in [-0.2, -0.15) is 0 Å². The lowest BCUT2D eigenvalue weighted by Gasteiger charge is -2.03. The number of hydrogen-bond donors (Lipinski definition) is 1. The second-order valence-corrected chi connectivity index (χ2v) is 7.69. The number of rotatable bonds is 4. The normalized spacial score (nSPS) is 10.6. The standard InChI is InChI=1S/C21H15ClN4OS/c1-13-18(14-7-9-17(22)10-8-14)25-21(28-13)26-20(27)16-11-23-19(24-12-16)15-5-3-2-4-6-15/h2-12H,1H3,(H,25,26,27). The Bertz CT molecular complexity index is 1110. The maximum absolute atomic E-state index is 12.5.